The monoisotopic (exact) mass is 289 g/mol. The zero-order chi connectivity index (χ0) is 13.2. The third-order valence-corrected chi connectivity index (χ3v) is 5.84. The summed E-state index contributed by atoms with van der Waals surface area (Å²) >= 11 is 1.24. The Morgan fingerprint density at radius 3 is 2.83 bits per heavy atom. The second-order valence-electron chi connectivity index (χ2n) is 4.47. The molecule has 0 saturated carbocycles. The predicted octanol–water partition coefficient (Wildman–Crippen LogP) is 0.971. The number of carboxylic acids is 1. The van der Waals surface area contributed by atoms with Crippen molar-refractivity contribution in [2.24, 2.45) is 5.92 Å². The van der Waals surface area contributed by atoms with Crippen LogP contribution in [-0.4, -0.2) is 37.5 Å². The molecule has 7 heteroatoms. The Morgan fingerprint density at radius 1 is 1.50 bits per heavy atom. The van der Waals surface area contributed by atoms with Crippen molar-refractivity contribution in [3.05, 3.63) is 21.9 Å². The lowest BCUT2D eigenvalue weighted by Crippen LogP contribution is -2.22. The Morgan fingerprint density at radius 2 is 2.28 bits per heavy atom. The van der Waals surface area contributed by atoms with Gasteiger partial charge >= 0.3 is 5.97 Å². The molecule has 1 aromatic heterocycles. The zero-order valence-corrected chi connectivity index (χ0v) is 11.4. The first-order chi connectivity index (χ1) is 8.46. The molecule has 0 aromatic carbocycles. The number of rotatable bonds is 5. The van der Waals surface area contributed by atoms with Crippen LogP contribution in [-0.2, 0) is 16.4 Å². The topological polar surface area (TPSA) is 83.5 Å². The fourth-order valence-electron chi connectivity index (χ4n) is 2.02. The first-order valence-corrected chi connectivity index (χ1v) is 8.33. The highest BCUT2D eigenvalue weighted by atomic mass is 32.2. The quantitative estimate of drug-likeness (QED) is 0.844. The van der Waals surface area contributed by atoms with E-state index in [1.807, 2.05) is 0 Å². The standard InChI is InChI=1S/C11H15NO4S2/c13-11(14)10-2-1-9(17-10)6-12-5-8-3-4-18(15,16)7-8/h1-2,8,12H,3-7H2,(H,13,14). The highest BCUT2D eigenvalue weighted by Gasteiger charge is 2.27. The van der Waals surface area contributed by atoms with Gasteiger partial charge in [0.15, 0.2) is 9.84 Å². The van der Waals surface area contributed by atoms with Crippen LogP contribution in [0.1, 0.15) is 21.0 Å². The van der Waals surface area contributed by atoms with E-state index in [-0.39, 0.29) is 11.7 Å². The van der Waals surface area contributed by atoms with Crippen LogP contribution in [0.2, 0.25) is 0 Å². The maximum absolute atomic E-state index is 11.3. The van der Waals surface area contributed by atoms with Gasteiger partial charge in [-0.25, -0.2) is 13.2 Å². The molecular weight excluding hydrogens is 274 g/mol. The van der Waals surface area contributed by atoms with Crippen molar-refractivity contribution in [2.45, 2.75) is 13.0 Å². The van der Waals surface area contributed by atoms with E-state index in [4.69, 9.17) is 5.11 Å². The molecule has 0 bridgehead atoms. The Labute approximate surface area is 110 Å². The highest BCUT2D eigenvalue weighted by molar-refractivity contribution is 7.91. The number of hydrogen-bond acceptors (Lipinski definition) is 5. The third kappa shape index (κ3) is 3.54. The van der Waals surface area contributed by atoms with Crippen molar-refractivity contribution in [2.75, 3.05) is 18.1 Å². The van der Waals surface area contributed by atoms with Gasteiger partial charge in [0.25, 0.3) is 0 Å². The van der Waals surface area contributed by atoms with Gasteiger partial charge in [0, 0.05) is 11.4 Å². The van der Waals surface area contributed by atoms with Crippen LogP contribution in [0, 0.1) is 5.92 Å². The predicted molar refractivity (Wildman–Crippen MR) is 69.7 cm³/mol. The van der Waals surface area contributed by atoms with E-state index in [1.165, 1.54) is 11.3 Å². The van der Waals surface area contributed by atoms with Crippen LogP contribution in [0.25, 0.3) is 0 Å². The highest BCUT2D eigenvalue weighted by Crippen LogP contribution is 2.19. The molecule has 1 atom stereocenters. The second-order valence-corrected chi connectivity index (χ2v) is 7.87. The summed E-state index contributed by atoms with van der Waals surface area (Å²) in [5.74, 6) is -0.158. The van der Waals surface area contributed by atoms with Gasteiger partial charge in [0.2, 0.25) is 0 Å². The average molecular weight is 289 g/mol. The maximum Gasteiger partial charge on any atom is 0.345 e. The van der Waals surface area contributed by atoms with Gasteiger partial charge in [-0.3, -0.25) is 0 Å². The van der Waals surface area contributed by atoms with Gasteiger partial charge in [-0.1, -0.05) is 0 Å². The molecule has 1 fully saturated rings. The molecule has 0 aliphatic carbocycles. The average Bonchev–Trinajstić information content (AvgIpc) is 2.86. The smallest absolute Gasteiger partial charge is 0.345 e. The van der Waals surface area contributed by atoms with Gasteiger partial charge in [-0.05, 0) is 31.0 Å². The number of thiophene rings is 1. The molecule has 1 saturated heterocycles. The lowest BCUT2D eigenvalue weighted by Gasteiger charge is -2.08. The Bertz CT molecular complexity index is 535. The number of sulfone groups is 1. The van der Waals surface area contributed by atoms with E-state index in [1.54, 1.807) is 12.1 Å². The molecule has 1 aliphatic rings. The first kappa shape index (κ1) is 13.5. The molecule has 1 aromatic rings. The summed E-state index contributed by atoms with van der Waals surface area (Å²) in [7, 11) is -2.81. The van der Waals surface area contributed by atoms with Gasteiger partial charge < -0.3 is 10.4 Å². The van der Waals surface area contributed by atoms with E-state index in [0.29, 0.717) is 23.7 Å². The summed E-state index contributed by atoms with van der Waals surface area (Å²) in [4.78, 5) is 12.0. The van der Waals surface area contributed by atoms with Crippen molar-refractivity contribution in [3.63, 3.8) is 0 Å². The van der Waals surface area contributed by atoms with Gasteiger partial charge in [-0.15, -0.1) is 11.3 Å². The third-order valence-electron chi connectivity index (χ3n) is 2.93. The summed E-state index contributed by atoms with van der Waals surface area (Å²) in [5.41, 5.74) is 0. The van der Waals surface area contributed by atoms with Crippen LogP contribution < -0.4 is 5.32 Å². The maximum atomic E-state index is 11.3. The lowest BCUT2D eigenvalue weighted by atomic mass is 10.1. The molecule has 0 spiro atoms. The fourth-order valence-corrected chi connectivity index (χ4v) is 4.70. The molecule has 0 amide bonds. The lowest BCUT2D eigenvalue weighted by molar-refractivity contribution is 0.0702. The number of carboxylic acid groups (broad SMARTS) is 1. The molecular formula is C11H15NO4S2. The van der Waals surface area contributed by atoms with Crippen molar-refractivity contribution < 1.29 is 18.3 Å². The van der Waals surface area contributed by atoms with Crippen LogP contribution in [0.3, 0.4) is 0 Å². The summed E-state index contributed by atoms with van der Waals surface area (Å²) in [5, 5.41) is 12.0. The zero-order valence-electron chi connectivity index (χ0n) is 9.76. The Kier molecular flexibility index (Phi) is 4.04. The van der Waals surface area contributed by atoms with E-state index >= 15 is 0 Å². The first-order valence-electron chi connectivity index (χ1n) is 5.69. The molecule has 1 unspecified atom stereocenters. The van der Waals surface area contributed by atoms with Gasteiger partial charge in [0.05, 0.1) is 11.5 Å². The van der Waals surface area contributed by atoms with E-state index in [2.05, 4.69) is 5.32 Å². The summed E-state index contributed by atoms with van der Waals surface area (Å²) in [6.07, 6.45) is 0.722. The molecule has 2 rings (SSSR count). The normalized spacial score (nSPS) is 22.1. The van der Waals surface area contributed by atoms with Gasteiger partial charge in [-0.2, -0.15) is 0 Å². The summed E-state index contributed by atoms with van der Waals surface area (Å²) < 4.78 is 22.5. The number of aromatic carboxylic acids is 1. The van der Waals surface area contributed by atoms with E-state index in [0.717, 1.165) is 11.3 Å². The fraction of sp³-hybridized carbons (Fsp3) is 0.545. The van der Waals surface area contributed by atoms with E-state index < -0.39 is 15.8 Å². The van der Waals surface area contributed by atoms with Gasteiger partial charge in [0.1, 0.15) is 4.88 Å². The van der Waals surface area contributed by atoms with Crippen LogP contribution in [0.5, 0.6) is 0 Å². The number of carbonyl (C=O) groups is 1. The number of hydrogen-bond donors (Lipinski definition) is 2. The van der Waals surface area contributed by atoms with Crippen molar-refractivity contribution in [1.29, 1.82) is 0 Å². The van der Waals surface area contributed by atoms with Crippen molar-refractivity contribution in [3.8, 4) is 0 Å². The van der Waals surface area contributed by atoms with Crippen LogP contribution >= 0.6 is 11.3 Å². The Balaban J connectivity index is 1.77. The van der Waals surface area contributed by atoms with Crippen LogP contribution in [0.4, 0.5) is 0 Å². The molecule has 5 nitrogen and oxygen atoms in total. The SMILES string of the molecule is O=C(O)c1ccc(CNCC2CCS(=O)(=O)C2)s1. The van der Waals surface area contributed by atoms with Crippen molar-refractivity contribution in [1.82, 2.24) is 5.32 Å². The number of nitrogens with one attached hydrogen (secondary N) is 1. The minimum Gasteiger partial charge on any atom is -0.477 e. The van der Waals surface area contributed by atoms with Crippen molar-refractivity contribution >= 4 is 27.1 Å². The second kappa shape index (κ2) is 5.38. The minimum atomic E-state index is -2.81. The largest absolute Gasteiger partial charge is 0.477 e. The molecule has 0 radical (unpaired) electrons. The summed E-state index contributed by atoms with van der Waals surface area (Å²) in [6.45, 7) is 1.26. The molecule has 2 heterocycles. The molecule has 18 heavy (non-hydrogen) atoms. The Hall–Kier alpha value is -0.920. The molecule has 2 N–H and O–H groups in total. The molecule has 100 valence electrons. The van der Waals surface area contributed by atoms with Crippen LogP contribution in [0.15, 0.2) is 12.1 Å². The van der Waals surface area contributed by atoms with E-state index in [9.17, 15) is 13.2 Å². The minimum absolute atomic E-state index is 0.189. The molecule has 1 aliphatic heterocycles. The summed E-state index contributed by atoms with van der Waals surface area (Å²) in [6, 6.07) is 3.37.